The largest absolute Gasteiger partial charge is 0.471 e. The molecule has 2 aliphatic rings. The van der Waals surface area contributed by atoms with Crippen LogP contribution in [0.2, 0.25) is 0 Å². The van der Waals surface area contributed by atoms with E-state index >= 15 is 0 Å². The molecule has 2 heterocycles. The number of amides is 3. The summed E-state index contributed by atoms with van der Waals surface area (Å²) in [6.45, 7) is 8.56. The molecule has 1 aliphatic heterocycles. The number of aromatic amines is 1. The number of hydrogen-bond donors (Lipinski definition) is 3. The number of likely N-dealkylation sites (tertiary alicyclic amines) is 1. The first-order valence-electron chi connectivity index (χ1n) is 11.5. The number of nitrogens with zero attached hydrogens (tertiary/aromatic N) is 2. The van der Waals surface area contributed by atoms with Gasteiger partial charge in [0.1, 0.15) is 18.1 Å². The Balaban J connectivity index is 1.85. The molecule has 1 saturated heterocycles. The fourth-order valence-electron chi connectivity index (χ4n) is 5.06. The molecule has 0 radical (unpaired) electrons. The van der Waals surface area contributed by atoms with Crippen molar-refractivity contribution in [2.45, 2.75) is 65.3 Å². The molecule has 3 N–H and O–H groups in total. The van der Waals surface area contributed by atoms with Crippen LogP contribution in [-0.4, -0.2) is 58.5 Å². The maximum Gasteiger partial charge on any atom is 0.471 e. The van der Waals surface area contributed by atoms with E-state index in [1.165, 1.54) is 37.9 Å². The molecule has 1 aromatic heterocycles. The van der Waals surface area contributed by atoms with Gasteiger partial charge < -0.3 is 20.5 Å². The first kappa shape index (κ1) is 27.2. The van der Waals surface area contributed by atoms with Crippen LogP contribution in [0.3, 0.4) is 0 Å². The number of aromatic nitrogens is 1. The van der Waals surface area contributed by atoms with Gasteiger partial charge in [0, 0.05) is 24.7 Å². The number of alkyl halides is 3. The van der Waals surface area contributed by atoms with Crippen molar-refractivity contribution in [3.63, 3.8) is 0 Å². The van der Waals surface area contributed by atoms with Crippen molar-refractivity contribution in [1.82, 2.24) is 20.5 Å². The first-order chi connectivity index (χ1) is 16.5. The van der Waals surface area contributed by atoms with Gasteiger partial charge in [-0.05, 0) is 28.7 Å². The Morgan fingerprint density at radius 3 is 2.42 bits per heavy atom. The van der Waals surface area contributed by atoms with Gasteiger partial charge in [0.25, 0.3) is 5.56 Å². The maximum atomic E-state index is 13.5. The molecule has 36 heavy (non-hydrogen) atoms. The predicted molar refractivity (Wildman–Crippen MR) is 122 cm³/mol. The molecule has 5 atom stereocenters. The van der Waals surface area contributed by atoms with E-state index in [2.05, 4.69) is 10.3 Å². The Bertz CT molecular complexity index is 1150. The average molecular weight is 510 g/mol. The minimum atomic E-state index is -5.18. The highest BCUT2D eigenvalue weighted by Crippen LogP contribution is 2.65. The van der Waals surface area contributed by atoms with E-state index in [4.69, 9.17) is 0 Å². The van der Waals surface area contributed by atoms with Crippen molar-refractivity contribution in [3.05, 3.63) is 34.2 Å². The Hall–Kier alpha value is -3.36. The van der Waals surface area contributed by atoms with Crippen molar-refractivity contribution in [2.24, 2.45) is 22.7 Å². The molecule has 1 aromatic rings. The van der Waals surface area contributed by atoms with Crippen LogP contribution in [0.4, 0.5) is 13.2 Å². The Kier molecular flexibility index (Phi) is 7.00. The monoisotopic (exact) mass is 509 g/mol. The molecule has 0 spiro atoms. The van der Waals surface area contributed by atoms with E-state index in [0.29, 0.717) is 0 Å². The van der Waals surface area contributed by atoms with Gasteiger partial charge in [-0.3, -0.25) is 19.2 Å². The van der Waals surface area contributed by atoms with Gasteiger partial charge in [-0.2, -0.15) is 18.4 Å². The number of H-pyrrole nitrogens is 1. The van der Waals surface area contributed by atoms with E-state index in [1.54, 1.807) is 11.4 Å². The molecule has 2 fully saturated rings. The lowest BCUT2D eigenvalue weighted by Crippen LogP contribution is -2.61. The Labute approximate surface area is 206 Å². The molecule has 1 saturated carbocycles. The quantitative estimate of drug-likeness (QED) is 0.534. The highest BCUT2D eigenvalue weighted by Gasteiger charge is 2.70. The van der Waals surface area contributed by atoms with Crippen LogP contribution in [0.15, 0.2) is 23.1 Å². The van der Waals surface area contributed by atoms with Crippen molar-refractivity contribution in [3.8, 4) is 6.07 Å². The van der Waals surface area contributed by atoms with Crippen LogP contribution < -0.4 is 16.2 Å². The second-order valence-corrected chi connectivity index (χ2v) is 11.1. The minimum Gasteiger partial charge on any atom is -0.338 e. The number of nitrogens with one attached hydrogen (secondary N) is 3. The summed E-state index contributed by atoms with van der Waals surface area (Å²) in [5.41, 5.74) is -1.48. The number of piperidine rings is 1. The topological polar surface area (TPSA) is 135 Å². The van der Waals surface area contributed by atoms with Crippen molar-refractivity contribution >= 4 is 17.7 Å². The molecule has 12 heteroatoms. The lowest BCUT2D eigenvalue weighted by atomic mass is 9.85. The molecule has 3 amide bonds. The van der Waals surface area contributed by atoms with Crippen LogP contribution in [0.25, 0.3) is 0 Å². The SMILES string of the molecule is CC1(C)C2CN(C(=O)[C@@H](NC(=O)C(F)(F)F)C(C)(C)C)C(C(=O)NC(C#N)Cc3ccc[nH]c3=O)C21. The summed E-state index contributed by atoms with van der Waals surface area (Å²) in [6, 6.07) is 1.43. The third-order valence-electron chi connectivity index (χ3n) is 7.20. The molecular weight excluding hydrogens is 479 g/mol. The zero-order valence-corrected chi connectivity index (χ0v) is 20.7. The van der Waals surface area contributed by atoms with E-state index < -0.39 is 53.0 Å². The van der Waals surface area contributed by atoms with Gasteiger partial charge in [0.05, 0.1) is 6.07 Å². The summed E-state index contributed by atoms with van der Waals surface area (Å²) in [5.74, 6) is -3.99. The summed E-state index contributed by atoms with van der Waals surface area (Å²) >= 11 is 0. The van der Waals surface area contributed by atoms with Gasteiger partial charge in [-0.1, -0.05) is 40.7 Å². The molecule has 3 rings (SSSR count). The number of nitriles is 1. The van der Waals surface area contributed by atoms with Crippen LogP contribution >= 0.6 is 0 Å². The van der Waals surface area contributed by atoms with Crippen LogP contribution in [0.1, 0.15) is 40.2 Å². The summed E-state index contributed by atoms with van der Waals surface area (Å²) in [4.78, 5) is 54.2. The van der Waals surface area contributed by atoms with Crippen molar-refractivity contribution < 1.29 is 27.6 Å². The van der Waals surface area contributed by atoms with Crippen molar-refractivity contribution in [1.29, 1.82) is 5.26 Å². The smallest absolute Gasteiger partial charge is 0.338 e. The number of rotatable bonds is 6. The third-order valence-corrected chi connectivity index (χ3v) is 7.20. The lowest BCUT2D eigenvalue weighted by molar-refractivity contribution is -0.176. The normalized spacial score (nSPS) is 24.2. The summed E-state index contributed by atoms with van der Waals surface area (Å²) in [5, 5.41) is 14.0. The number of pyridine rings is 1. The van der Waals surface area contributed by atoms with E-state index in [0.717, 1.165) is 0 Å². The molecular formula is C24H30F3N5O4. The third kappa shape index (κ3) is 5.24. The van der Waals surface area contributed by atoms with Gasteiger partial charge >= 0.3 is 12.1 Å². The van der Waals surface area contributed by atoms with Gasteiger partial charge in [0.15, 0.2) is 0 Å². The first-order valence-corrected chi connectivity index (χ1v) is 11.5. The lowest BCUT2D eigenvalue weighted by Gasteiger charge is -2.37. The van der Waals surface area contributed by atoms with E-state index in [1.807, 2.05) is 19.9 Å². The molecule has 9 nitrogen and oxygen atoms in total. The van der Waals surface area contributed by atoms with Gasteiger partial charge in [-0.25, -0.2) is 0 Å². The average Bonchev–Trinajstić information content (AvgIpc) is 3.09. The fraction of sp³-hybridized carbons (Fsp3) is 0.625. The van der Waals surface area contributed by atoms with E-state index in [-0.39, 0.29) is 35.8 Å². The number of fused-ring (bicyclic) bond motifs is 1. The Morgan fingerprint density at radius 2 is 1.89 bits per heavy atom. The number of carbonyl (C=O) groups is 3. The Morgan fingerprint density at radius 1 is 1.25 bits per heavy atom. The predicted octanol–water partition coefficient (Wildman–Crippen LogP) is 1.50. The van der Waals surface area contributed by atoms with Gasteiger partial charge in [-0.15, -0.1) is 0 Å². The van der Waals surface area contributed by atoms with E-state index in [9.17, 15) is 37.6 Å². The highest BCUT2D eigenvalue weighted by atomic mass is 19.4. The van der Waals surface area contributed by atoms with Gasteiger partial charge in [0.2, 0.25) is 11.8 Å². The zero-order valence-electron chi connectivity index (χ0n) is 20.7. The summed E-state index contributed by atoms with van der Waals surface area (Å²) < 4.78 is 38.8. The maximum absolute atomic E-state index is 13.5. The number of hydrogen-bond acceptors (Lipinski definition) is 5. The standard InChI is InChI=1S/C24H30F3N5O4/c1-22(2,3)17(31-21(36)24(25,26)27)20(35)32-11-14-15(23(14,4)5)16(32)19(34)30-13(10-28)9-12-7-6-8-29-18(12)33/h6-8,13-17H,9,11H2,1-5H3,(H,29,33)(H,30,34)(H,31,36)/t13?,14?,15?,16?,17-/m1/s1. The molecule has 0 aromatic carbocycles. The second-order valence-electron chi connectivity index (χ2n) is 11.1. The number of halogens is 3. The van der Waals surface area contributed by atoms with Crippen LogP contribution in [0, 0.1) is 34.0 Å². The fourth-order valence-corrected chi connectivity index (χ4v) is 5.06. The molecule has 1 aliphatic carbocycles. The van der Waals surface area contributed by atoms with Crippen LogP contribution in [-0.2, 0) is 20.8 Å². The number of carbonyl (C=O) groups excluding carboxylic acids is 3. The molecule has 196 valence electrons. The summed E-state index contributed by atoms with van der Waals surface area (Å²) in [6.07, 6.45) is -3.81. The van der Waals surface area contributed by atoms with Crippen molar-refractivity contribution in [2.75, 3.05) is 6.54 Å². The highest BCUT2D eigenvalue weighted by molar-refractivity contribution is 5.95. The minimum absolute atomic E-state index is 0.0614. The molecule has 4 unspecified atom stereocenters. The van der Waals surface area contributed by atoms with Crippen LogP contribution in [0.5, 0.6) is 0 Å². The molecule has 0 bridgehead atoms. The second kappa shape index (κ2) is 9.26. The summed E-state index contributed by atoms with van der Waals surface area (Å²) in [7, 11) is 0. The zero-order chi connectivity index (χ0) is 27.2.